The highest BCUT2D eigenvalue weighted by atomic mass is 32.2. The summed E-state index contributed by atoms with van der Waals surface area (Å²) in [5.74, 6) is 0.543. The Balaban J connectivity index is 2.65. The molecule has 0 radical (unpaired) electrons. The van der Waals surface area contributed by atoms with E-state index < -0.39 is 15.1 Å². The fourth-order valence-corrected chi connectivity index (χ4v) is 2.17. The van der Waals surface area contributed by atoms with Crippen LogP contribution in [0, 0.1) is 0 Å². The van der Waals surface area contributed by atoms with E-state index in [0.29, 0.717) is 11.5 Å². The molecule has 1 N–H and O–H groups in total. The van der Waals surface area contributed by atoms with Crippen molar-refractivity contribution in [3.63, 3.8) is 0 Å². The summed E-state index contributed by atoms with van der Waals surface area (Å²) in [6.07, 6.45) is 0. The molecule has 0 fully saturated rings. The first-order valence-electron chi connectivity index (χ1n) is 6.00. The van der Waals surface area contributed by atoms with Gasteiger partial charge in [0.25, 0.3) is 0 Å². The Morgan fingerprint density at radius 1 is 1.42 bits per heavy atom. The molecule has 0 aliphatic heterocycles. The van der Waals surface area contributed by atoms with Gasteiger partial charge in [-0.05, 0) is 32.9 Å². The lowest BCUT2D eigenvalue weighted by Crippen LogP contribution is -2.22. The summed E-state index contributed by atoms with van der Waals surface area (Å²) < 4.78 is 28.6. The Kier molecular flexibility index (Phi) is 5.35. The van der Waals surface area contributed by atoms with Crippen molar-refractivity contribution < 1.29 is 18.4 Å². The number of ether oxygens (including phenoxy) is 1. The summed E-state index contributed by atoms with van der Waals surface area (Å²) in [6.45, 7) is 5.08. The van der Waals surface area contributed by atoms with Crippen LogP contribution in [-0.4, -0.2) is 36.9 Å². The van der Waals surface area contributed by atoms with E-state index in [4.69, 9.17) is 9.94 Å². The van der Waals surface area contributed by atoms with Gasteiger partial charge in [0.05, 0.1) is 16.7 Å². The van der Waals surface area contributed by atoms with Gasteiger partial charge in [-0.2, -0.15) is 0 Å². The molecule has 0 heterocycles. The fourth-order valence-electron chi connectivity index (χ4n) is 1.38. The summed E-state index contributed by atoms with van der Waals surface area (Å²) in [7, 11) is -3.09. The third-order valence-corrected chi connectivity index (χ3v) is 4.93. The topological polar surface area (TPSA) is 76.0 Å². The van der Waals surface area contributed by atoms with Crippen molar-refractivity contribution in [3.05, 3.63) is 29.8 Å². The van der Waals surface area contributed by atoms with Crippen LogP contribution in [-0.2, 0) is 9.84 Å². The lowest BCUT2D eigenvalue weighted by atomic mass is 10.1. The molecule has 1 aromatic rings. The summed E-state index contributed by atoms with van der Waals surface area (Å²) in [5, 5.41) is 11.4. The quantitative estimate of drug-likeness (QED) is 0.493. The summed E-state index contributed by atoms with van der Waals surface area (Å²) in [5.41, 5.74) is 1.20. The second-order valence-corrected chi connectivity index (χ2v) is 7.15. The Hall–Kier alpha value is -1.56. The van der Waals surface area contributed by atoms with E-state index in [9.17, 15) is 8.42 Å². The summed E-state index contributed by atoms with van der Waals surface area (Å²) >= 11 is 0. The lowest BCUT2D eigenvalue weighted by Gasteiger charge is -2.10. The molecule has 1 rings (SSSR count). The molecule has 1 aromatic carbocycles. The maximum atomic E-state index is 11.6. The summed E-state index contributed by atoms with van der Waals surface area (Å²) in [4.78, 5) is 0. The molecule has 0 bridgehead atoms. The first-order chi connectivity index (χ1) is 8.86. The highest BCUT2D eigenvalue weighted by Gasteiger charge is 2.15. The smallest absolute Gasteiger partial charge is 0.155 e. The normalized spacial score (nSPS) is 12.7. The van der Waals surface area contributed by atoms with Crippen molar-refractivity contribution in [2.45, 2.75) is 26.0 Å². The molecule has 0 atom stereocenters. The number of hydrogen-bond donors (Lipinski definition) is 1. The maximum Gasteiger partial charge on any atom is 0.155 e. The minimum Gasteiger partial charge on any atom is -0.493 e. The maximum absolute atomic E-state index is 11.6. The van der Waals surface area contributed by atoms with Crippen LogP contribution >= 0.6 is 0 Å². The lowest BCUT2D eigenvalue weighted by molar-refractivity contribution is 0.319. The van der Waals surface area contributed by atoms with Crippen molar-refractivity contribution in [1.29, 1.82) is 0 Å². The third kappa shape index (κ3) is 4.55. The second kappa shape index (κ2) is 6.56. The van der Waals surface area contributed by atoms with Crippen LogP contribution in [0.5, 0.6) is 5.75 Å². The number of hydrogen-bond acceptors (Lipinski definition) is 5. The Bertz CT molecular complexity index is 550. The van der Waals surface area contributed by atoms with E-state index in [-0.39, 0.29) is 12.4 Å². The number of nitrogens with zero attached hydrogens (tertiary/aromatic N) is 1. The van der Waals surface area contributed by atoms with Crippen molar-refractivity contribution in [2.24, 2.45) is 5.16 Å². The van der Waals surface area contributed by atoms with Crippen LogP contribution in [0.4, 0.5) is 0 Å². The molecule has 0 aliphatic rings. The zero-order valence-electron chi connectivity index (χ0n) is 11.3. The molecule has 0 amide bonds. The molecule has 6 heteroatoms. The molecule has 0 saturated carbocycles. The van der Waals surface area contributed by atoms with Crippen molar-refractivity contribution in [2.75, 3.05) is 12.4 Å². The molecular formula is C13H19NO4S. The van der Waals surface area contributed by atoms with Gasteiger partial charge in [0.2, 0.25) is 0 Å². The largest absolute Gasteiger partial charge is 0.493 e. The number of benzene rings is 1. The van der Waals surface area contributed by atoms with Crippen LogP contribution in [0.3, 0.4) is 0 Å². The second-order valence-electron chi connectivity index (χ2n) is 4.48. The van der Waals surface area contributed by atoms with Gasteiger partial charge in [-0.15, -0.1) is 0 Å². The van der Waals surface area contributed by atoms with Crippen LogP contribution in [0.1, 0.15) is 26.3 Å². The minimum atomic E-state index is -3.09. The van der Waals surface area contributed by atoms with E-state index in [1.54, 1.807) is 45.0 Å². The third-order valence-electron chi connectivity index (χ3n) is 2.76. The molecule has 19 heavy (non-hydrogen) atoms. The predicted octanol–water partition coefficient (Wildman–Crippen LogP) is 2.09. The molecule has 0 aromatic heterocycles. The van der Waals surface area contributed by atoms with Gasteiger partial charge >= 0.3 is 0 Å². The van der Waals surface area contributed by atoms with Gasteiger partial charge in [-0.25, -0.2) is 8.42 Å². The van der Waals surface area contributed by atoms with Gasteiger partial charge in [-0.1, -0.05) is 17.3 Å². The standard InChI is InChI=1S/C13H19NO4S/c1-10(2)19(16,17)8-7-18-13-6-4-5-12(9-13)11(3)14-15/h4-6,9-10,15H,7-8H2,1-3H3/b14-11+. The van der Waals surface area contributed by atoms with Gasteiger partial charge in [-0.3, -0.25) is 0 Å². The Morgan fingerprint density at radius 3 is 2.68 bits per heavy atom. The van der Waals surface area contributed by atoms with Gasteiger partial charge < -0.3 is 9.94 Å². The molecule has 0 aliphatic carbocycles. The van der Waals surface area contributed by atoms with Crippen molar-refractivity contribution in [1.82, 2.24) is 0 Å². The molecule has 106 valence electrons. The molecule has 0 unspecified atom stereocenters. The van der Waals surface area contributed by atoms with E-state index in [1.807, 2.05) is 0 Å². The van der Waals surface area contributed by atoms with Crippen LogP contribution < -0.4 is 4.74 Å². The zero-order valence-corrected chi connectivity index (χ0v) is 12.1. The Morgan fingerprint density at radius 2 is 2.11 bits per heavy atom. The molecule has 0 spiro atoms. The molecular weight excluding hydrogens is 266 g/mol. The van der Waals surface area contributed by atoms with Gasteiger partial charge in [0.1, 0.15) is 12.4 Å². The highest BCUT2D eigenvalue weighted by Crippen LogP contribution is 2.14. The van der Waals surface area contributed by atoms with Crippen molar-refractivity contribution >= 4 is 15.5 Å². The van der Waals surface area contributed by atoms with Gasteiger partial charge in [0, 0.05) is 5.56 Å². The average Bonchev–Trinajstić information content (AvgIpc) is 2.37. The average molecular weight is 285 g/mol. The van der Waals surface area contributed by atoms with E-state index >= 15 is 0 Å². The Labute approximate surface area is 113 Å². The number of rotatable bonds is 6. The van der Waals surface area contributed by atoms with Gasteiger partial charge in [0.15, 0.2) is 9.84 Å². The predicted molar refractivity (Wildman–Crippen MR) is 74.9 cm³/mol. The van der Waals surface area contributed by atoms with E-state index in [2.05, 4.69) is 5.16 Å². The number of oxime groups is 1. The molecule has 5 nitrogen and oxygen atoms in total. The first-order valence-corrected chi connectivity index (χ1v) is 7.72. The summed E-state index contributed by atoms with van der Waals surface area (Å²) in [6, 6.07) is 6.98. The van der Waals surface area contributed by atoms with E-state index in [0.717, 1.165) is 5.56 Å². The minimum absolute atomic E-state index is 0.0119. The zero-order chi connectivity index (χ0) is 14.5. The number of sulfone groups is 1. The monoisotopic (exact) mass is 285 g/mol. The van der Waals surface area contributed by atoms with Crippen molar-refractivity contribution in [3.8, 4) is 5.75 Å². The van der Waals surface area contributed by atoms with Crippen LogP contribution in [0.2, 0.25) is 0 Å². The van der Waals surface area contributed by atoms with Crippen LogP contribution in [0.25, 0.3) is 0 Å². The SMILES string of the molecule is C/C(=N\O)c1cccc(OCCS(=O)(=O)C(C)C)c1. The first kappa shape index (κ1) is 15.5. The molecule has 0 saturated heterocycles. The fraction of sp³-hybridized carbons (Fsp3) is 0.462. The van der Waals surface area contributed by atoms with Crippen LogP contribution in [0.15, 0.2) is 29.4 Å². The highest BCUT2D eigenvalue weighted by molar-refractivity contribution is 7.91. The van der Waals surface area contributed by atoms with E-state index in [1.165, 1.54) is 0 Å².